The number of nitrogens with two attached hydrogens (primary N) is 1. The normalized spacial score (nSPS) is 17.8. The Bertz CT molecular complexity index is 1500. The summed E-state index contributed by atoms with van der Waals surface area (Å²) in [5.41, 5.74) is 7.47. The first kappa shape index (κ1) is 22.0. The van der Waals surface area contributed by atoms with Gasteiger partial charge in [-0.05, 0) is 48.2 Å². The zero-order valence-electron chi connectivity index (χ0n) is 17.6. The maximum absolute atomic E-state index is 13.3. The summed E-state index contributed by atoms with van der Waals surface area (Å²) < 4.78 is 28.8. The number of nitrogen functional groups attached to an aromatic ring is 1. The molecule has 2 N–H and O–H groups in total. The molecule has 0 saturated carbocycles. The summed E-state index contributed by atoms with van der Waals surface area (Å²) >= 11 is 7.19. The number of anilines is 1. The zero-order valence-corrected chi connectivity index (χ0v) is 20.0. The van der Waals surface area contributed by atoms with Crippen molar-refractivity contribution in [1.82, 2.24) is 19.2 Å². The molecule has 1 unspecified atom stereocenters. The van der Waals surface area contributed by atoms with Crippen LogP contribution in [-0.4, -0.2) is 52.6 Å². The minimum atomic E-state index is -3.80. The Morgan fingerprint density at radius 2 is 2.00 bits per heavy atom. The summed E-state index contributed by atoms with van der Waals surface area (Å²) in [7, 11) is -3.80. The first-order chi connectivity index (χ1) is 15.7. The van der Waals surface area contributed by atoms with E-state index in [0.717, 1.165) is 32.4 Å². The summed E-state index contributed by atoms with van der Waals surface area (Å²) in [6, 6.07) is 12.2. The lowest BCUT2D eigenvalue weighted by molar-refractivity contribution is -0.137. The zero-order chi connectivity index (χ0) is 23.3. The second kappa shape index (κ2) is 8.21. The van der Waals surface area contributed by atoms with Gasteiger partial charge in [-0.1, -0.05) is 23.7 Å². The monoisotopic (exact) mass is 501 g/mol. The summed E-state index contributed by atoms with van der Waals surface area (Å²) in [5, 5.41) is 2.11. The standard InChI is InChI=1S/C22H20ClN5O3S2/c1-13-9-27(33(30,31)21-7-15-3-4-16(23)8-19(15)32-21)11-20(29)28(13)10-14-2-5-17-18(6-14)25-12-26-22(17)24/h2-8,12-13H,9-11H2,1H3,(H2,24,25,26). The first-order valence-corrected chi connectivity index (χ1v) is 12.8. The van der Waals surface area contributed by atoms with E-state index in [1.807, 2.05) is 25.1 Å². The highest BCUT2D eigenvalue weighted by molar-refractivity contribution is 7.91. The Labute approximate surface area is 199 Å². The molecule has 5 rings (SSSR count). The Morgan fingerprint density at radius 3 is 2.79 bits per heavy atom. The number of hydrogen-bond acceptors (Lipinski definition) is 7. The Hall–Kier alpha value is -2.79. The number of fused-ring (bicyclic) bond motifs is 2. The van der Waals surface area contributed by atoms with Gasteiger partial charge in [0.15, 0.2) is 0 Å². The van der Waals surface area contributed by atoms with Crippen molar-refractivity contribution in [2.45, 2.75) is 23.7 Å². The van der Waals surface area contributed by atoms with Gasteiger partial charge in [0.2, 0.25) is 5.91 Å². The highest BCUT2D eigenvalue weighted by Gasteiger charge is 2.37. The third-order valence-corrected chi connectivity index (χ3v) is 9.36. The number of thiophene rings is 1. The molecule has 1 atom stereocenters. The van der Waals surface area contributed by atoms with Crippen LogP contribution in [0.1, 0.15) is 12.5 Å². The number of amides is 1. The van der Waals surface area contributed by atoms with Gasteiger partial charge in [-0.15, -0.1) is 11.3 Å². The predicted octanol–water partition coefficient (Wildman–Crippen LogP) is 3.50. The molecule has 8 nitrogen and oxygen atoms in total. The maximum atomic E-state index is 13.3. The molecule has 0 radical (unpaired) electrons. The third kappa shape index (κ3) is 4.04. The number of carbonyl (C=O) groups is 1. The largest absolute Gasteiger partial charge is 0.383 e. The van der Waals surface area contributed by atoms with E-state index >= 15 is 0 Å². The number of hydrogen-bond donors (Lipinski definition) is 1. The van der Waals surface area contributed by atoms with Crippen LogP contribution in [0.3, 0.4) is 0 Å². The van der Waals surface area contributed by atoms with Crippen LogP contribution in [0, 0.1) is 0 Å². The molecule has 2 aromatic heterocycles. The van der Waals surface area contributed by atoms with Gasteiger partial charge in [0.25, 0.3) is 10.0 Å². The molecule has 0 spiro atoms. The SMILES string of the molecule is CC1CN(S(=O)(=O)c2cc3ccc(Cl)cc3s2)CC(=O)N1Cc1ccc2c(N)ncnc2c1. The van der Waals surface area contributed by atoms with Crippen molar-refractivity contribution in [3.05, 3.63) is 59.4 Å². The highest BCUT2D eigenvalue weighted by Crippen LogP contribution is 2.33. The molecule has 33 heavy (non-hydrogen) atoms. The van der Waals surface area contributed by atoms with E-state index in [2.05, 4.69) is 9.97 Å². The molecule has 1 fully saturated rings. The van der Waals surface area contributed by atoms with Crippen molar-refractivity contribution in [3.63, 3.8) is 0 Å². The average Bonchev–Trinajstić information content (AvgIpc) is 3.20. The minimum Gasteiger partial charge on any atom is -0.383 e. The van der Waals surface area contributed by atoms with Crippen LogP contribution in [-0.2, 0) is 21.4 Å². The van der Waals surface area contributed by atoms with Crippen molar-refractivity contribution < 1.29 is 13.2 Å². The van der Waals surface area contributed by atoms with Crippen LogP contribution in [0.15, 0.2) is 53.0 Å². The number of rotatable bonds is 4. The van der Waals surface area contributed by atoms with Crippen LogP contribution in [0.5, 0.6) is 0 Å². The van der Waals surface area contributed by atoms with Crippen LogP contribution >= 0.6 is 22.9 Å². The van der Waals surface area contributed by atoms with Crippen LogP contribution < -0.4 is 5.73 Å². The Kier molecular flexibility index (Phi) is 5.48. The van der Waals surface area contributed by atoms with E-state index in [1.165, 1.54) is 10.6 Å². The topological polar surface area (TPSA) is 109 Å². The fraction of sp³-hybridized carbons (Fsp3) is 0.227. The lowest BCUT2D eigenvalue weighted by Crippen LogP contribution is -2.56. The van der Waals surface area contributed by atoms with Crippen molar-refractivity contribution in [2.75, 3.05) is 18.8 Å². The van der Waals surface area contributed by atoms with Gasteiger partial charge in [-0.25, -0.2) is 18.4 Å². The number of aromatic nitrogens is 2. The molecule has 4 aromatic rings. The number of sulfonamides is 1. The molecule has 0 bridgehead atoms. The fourth-order valence-electron chi connectivity index (χ4n) is 4.03. The molecule has 170 valence electrons. The van der Waals surface area contributed by atoms with Crippen molar-refractivity contribution in [1.29, 1.82) is 0 Å². The number of benzene rings is 2. The molecule has 1 aliphatic rings. The van der Waals surface area contributed by atoms with Gasteiger partial charge in [0.1, 0.15) is 16.4 Å². The van der Waals surface area contributed by atoms with Crippen molar-refractivity contribution in [3.8, 4) is 0 Å². The van der Waals surface area contributed by atoms with Crippen LogP contribution in [0.4, 0.5) is 5.82 Å². The Morgan fingerprint density at radius 1 is 1.18 bits per heavy atom. The van der Waals surface area contributed by atoms with Gasteiger partial charge in [0.05, 0.1) is 12.1 Å². The third-order valence-electron chi connectivity index (χ3n) is 5.77. The molecular weight excluding hydrogens is 482 g/mol. The number of nitrogens with zero attached hydrogens (tertiary/aromatic N) is 4. The first-order valence-electron chi connectivity index (χ1n) is 10.2. The van der Waals surface area contributed by atoms with E-state index in [0.29, 0.717) is 22.9 Å². The van der Waals surface area contributed by atoms with Crippen molar-refractivity contribution in [2.24, 2.45) is 0 Å². The second-order valence-corrected chi connectivity index (χ2v) is 11.7. The van der Waals surface area contributed by atoms with Gasteiger partial charge in [-0.2, -0.15) is 4.31 Å². The van der Waals surface area contributed by atoms with Gasteiger partial charge >= 0.3 is 0 Å². The second-order valence-electron chi connectivity index (χ2n) is 8.03. The molecule has 1 aliphatic heterocycles. The summed E-state index contributed by atoms with van der Waals surface area (Å²) in [6.45, 7) is 2.22. The average molecular weight is 502 g/mol. The number of carbonyl (C=O) groups excluding carboxylic acids is 1. The number of halogens is 1. The molecule has 3 heterocycles. The van der Waals surface area contributed by atoms with Gasteiger partial charge in [0, 0.05) is 34.2 Å². The van der Waals surface area contributed by atoms with E-state index in [-0.39, 0.29) is 29.2 Å². The quantitative estimate of drug-likeness (QED) is 0.458. The van der Waals surface area contributed by atoms with Gasteiger partial charge in [-0.3, -0.25) is 4.79 Å². The summed E-state index contributed by atoms with van der Waals surface area (Å²) in [4.78, 5) is 22.9. The minimum absolute atomic E-state index is 0.204. The number of piperazine rings is 1. The van der Waals surface area contributed by atoms with Crippen LogP contribution in [0.25, 0.3) is 21.0 Å². The van der Waals surface area contributed by atoms with E-state index in [4.69, 9.17) is 17.3 Å². The molecule has 0 aliphatic carbocycles. The molecule has 1 saturated heterocycles. The lowest BCUT2D eigenvalue weighted by Gasteiger charge is -2.38. The highest BCUT2D eigenvalue weighted by atomic mass is 35.5. The molecule has 2 aromatic carbocycles. The molecule has 1 amide bonds. The van der Waals surface area contributed by atoms with Crippen molar-refractivity contribution >= 4 is 65.7 Å². The molecular formula is C22H20ClN5O3S2. The fourth-order valence-corrected chi connectivity index (χ4v) is 7.33. The smallest absolute Gasteiger partial charge is 0.253 e. The van der Waals surface area contributed by atoms with Crippen LogP contribution in [0.2, 0.25) is 5.02 Å². The Balaban J connectivity index is 1.37. The van der Waals surface area contributed by atoms with Gasteiger partial charge < -0.3 is 10.6 Å². The lowest BCUT2D eigenvalue weighted by atomic mass is 10.1. The molecule has 11 heteroatoms. The summed E-state index contributed by atoms with van der Waals surface area (Å²) in [5.74, 6) is 0.155. The van der Waals surface area contributed by atoms with E-state index in [1.54, 1.807) is 29.2 Å². The summed E-state index contributed by atoms with van der Waals surface area (Å²) in [6.07, 6.45) is 1.40. The maximum Gasteiger partial charge on any atom is 0.253 e. The van der Waals surface area contributed by atoms with E-state index < -0.39 is 10.0 Å². The van der Waals surface area contributed by atoms with E-state index in [9.17, 15) is 13.2 Å². The predicted molar refractivity (Wildman–Crippen MR) is 130 cm³/mol.